The molecule has 0 N–H and O–H groups in total. The molecule has 0 saturated heterocycles. The Bertz CT molecular complexity index is 1070. The summed E-state index contributed by atoms with van der Waals surface area (Å²) in [5.41, 5.74) is 0. The van der Waals surface area contributed by atoms with Crippen LogP contribution in [0, 0.1) is 0 Å². The van der Waals surface area contributed by atoms with Gasteiger partial charge in [0.1, 0.15) is 0 Å². The Balaban J connectivity index is 3.09. The van der Waals surface area contributed by atoms with Crippen molar-refractivity contribution < 1.29 is 18.4 Å². The minimum absolute atomic E-state index is 0.0291. The van der Waals surface area contributed by atoms with E-state index in [2.05, 4.69) is 21.5 Å². The van der Waals surface area contributed by atoms with Crippen LogP contribution in [0.4, 0.5) is 0 Å². The van der Waals surface area contributed by atoms with Crippen LogP contribution >= 0.6 is 884 Å². The molecule has 0 aromatic carbocycles. The molecule has 0 bridgehead atoms. The van der Waals surface area contributed by atoms with Crippen LogP contribution in [0.25, 0.3) is 0 Å². The standard InChI is InChI=1S/H2IS90/c2-1-4-6-8-10-12-14-16-18-20-22-24-26-28-30-32-34-36-38-40-42-44-46-48-50-52-54-56-58-60-62-64-66-68-70-72-74-76-78-80-82-84-86-88-90-91-89-87-85-83-81-79-77-75-73-71-69-67-65-63-61-59-57-55-53-51-49-47-45-43-41-39-37-35-33-31-29-27-25-23-21-19-17-15-13-11-9-7-5-3/h2-3H/q-1. The van der Waals surface area contributed by atoms with Crippen molar-refractivity contribution in [3.63, 3.8) is 0 Å². The second kappa shape index (κ2) is 122. The molecule has 0 aliphatic heterocycles. The van der Waals surface area contributed by atoms with Crippen LogP contribution in [0.5, 0.6) is 0 Å². The Kier molecular flexibility index (Phi) is 166. The summed E-state index contributed by atoms with van der Waals surface area (Å²) in [6.07, 6.45) is 0. The van der Waals surface area contributed by atoms with E-state index in [9.17, 15) is 0 Å². The van der Waals surface area contributed by atoms with Gasteiger partial charge in [-0.3, -0.25) is 0 Å². The van der Waals surface area contributed by atoms with E-state index in [1.807, 2.05) is 804 Å². The molecule has 0 amide bonds. The molecular weight excluding hydrogens is 3010 g/mol. The van der Waals surface area contributed by atoms with Gasteiger partial charge in [0.2, 0.25) is 0 Å². The third-order valence-electron chi connectivity index (χ3n) is 2.45. The molecule has 0 aromatic heterocycles. The number of hydrogen-bond acceptors (Lipinski definition) is 90. The fourth-order valence-corrected chi connectivity index (χ4v) is 246. The second-order valence-corrected chi connectivity index (χ2v) is 168. The fraction of sp³-hybridized carbons (Fsp3) is 0. The fourth-order valence-electron chi connectivity index (χ4n) is 0.987. The third-order valence-corrected chi connectivity index (χ3v) is 203. The van der Waals surface area contributed by atoms with Crippen LogP contribution in [0.2, 0.25) is 0 Å². The number of halogens is 1. The summed E-state index contributed by atoms with van der Waals surface area (Å²) < 4.78 is 0. The van der Waals surface area contributed by atoms with Crippen LogP contribution in [0.15, 0.2) is 0 Å². The first-order valence-electron chi connectivity index (χ1n) is 15.0. The van der Waals surface area contributed by atoms with Crippen molar-refractivity contribution >= 4 is 884 Å². The van der Waals surface area contributed by atoms with E-state index in [0.717, 1.165) is 0 Å². The van der Waals surface area contributed by atoms with Gasteiger partial charge in [-0.25, -0.2) is 0 Å². The number of thiol groups is 2. The molecule has 0 aliphatic rings. The van der Waals surface area contributed by atoms with Crippen LogP contribution in [0.3, 0.4) is 0 Å². The number of rotatable bonds is 88. The molecule has 0 unspecified atom stereocenters. The summed E-state index contributed by atoms with van der Waals surface area (Å²) in [4.78, 5) is 0. The zero-order chi connectivity index (χ0) is 64.9. The van der Waals surface area contributed by atoms with Crippen molar-refractivity contribution in [2.45, 2.75) is 0 Å². The molecule has 550 valence electrons. The molecule has 0 spiro atoms. The molecule has 0 nitrogen and oxygen atoms in total. The topological polar surface area (TPSA) is 0 Å². The Labute approximate surface area is 876 Å². The summed E-state index contributed by atoms with van der Waals surface area (Å²) in [6.45, 7) is 0. The van der Waals surface area contributed by atoms with Gasteiger partial charge in [-0.15, -0.1) is 0 Å². The van der Waals surface area contributed by atoms with Gasteiger partial charge in [-0.2, -0.15) is 0 Å². The molecule has 0 aromatic rings. The molecule has 0 radical (unpaired) electrons. The first-order chi connectivity index (χ1) is 45.4. The summed E-state index contributed by atoms with van der Waals surface area (Å²) in [7, 11) is 165. The van der Waals surface area contributed by atoms with Crippen LogP contribution in [-0.2, 0) is 0 Å². The molecule has 91 heavy (non-hydrogen) atoms. The Morgan fingerprint density at radius 1 is 0.0989 bits per heavy atom. The minimum atomic E-state index is 0.0291. The monoisotopic (exact) mass is 3010 g/mol. The van der Waals surface area contributed by atoms with Crippen LogP contribution in [0.1, 0.15) is 0 Å². The van der Waals surface area contributed by atoms with Crippen molar-refractivity contribution in [2.75, 3.05) is 0 Å². The van der Waals surface area contributed by atoms with Gasteiger partial charge in [0.15, 0.2) is 0 Å². The predicted octanol–water partition coefficient (Wildman–Crippen LogP) is 54.8. The average Bonchev–Trinajstić information content (AvgIpc) is 3.56. The first kappa shape index (κ1) is 123. The maximum atomic E-state index is 4.30. The summed E-state index contributed by atoms with van der Waals surface area (Å²) in [5.74, 6) is 0. The zero-order valence-corrected chi connectivity index (χ0v) is 113. The van der Waals surface area contributed by atoms with Gasteiger partial charge in [-0.05, 0) is 78.6 Å². The van der Waals surface area contributed by atoms with Gasteiger partial charge >= 0.3 is 144 Å². The molecule has 0 heterocycles. The third kappa shape index (κ3) is 122. The molecule has 0 rings (SSSR count). The molecular formula is H2IS90-. The van der Waals surface area contributed by atoms with E-state index in [-0.39, 0.29) is 18.4 Å². The van der Waals surface area contributed by atoms with Gasteiger partial charge in [0, 0.05) is 668 Å². The van der Waals surface area contributed by atoms with Gasteiger partial charge < -0.3 is 0 Å². The van der Waals surface area contributed by atoms with Crippen molar-refractivity contribution in [2.24, 2.45) is 0 Å². The van der Waals surface area contributed by atoms with Crippen LogP contribution in [-0.4, -0.2) is 0 Å². The molecule has 0 saturated carbocycles. The quantitative estimate of drug-likeness (QED) is 0.0257. The average molecular weight is 3010 g/mol. The Hall–Kier alpha value is 32.2. The first-order valence-corrected chi connectivity index (χ1v) is 139. The van der Waals surface area contributed by atoms with E-state index in [4.69, 9.17) is 0 Å². The van der Waals surface area contributed by atoms with E-state index in [0.29, 0.717) is 0 Å². The molecule has 0 fully saturated rings. The Morgan fingerprint density at radius 2 is 0.165 bits per heavy atom. The van der Waals surface area contributed by atoms with E-state index in [1.54, 1.807) is 49.1 Å². The molecule has 0 aliphatic carbocycles. The Morgan fingerprint density at radius 3 is 0.231 bits per heavy atom. The van der Waals surface area contributed by atoms with E-state index >= 15 is 0 Å². The van der Waals surface area contributed by atoms with Crippen molar-refractivity contribution in [1.82, 2.24) is 0 Å². The van der Waals surface area contributed by atoms with Crippen LogP contribution < -0.4 is 18.4 Å². The van der Waals surface area contributed by atoms with Crippen molar-refractivity contribution in [3.05, 3.63) is 0 Å². The molecule has 91 heteroatoms. The normalized spacial score (nSPS) is 11.8. The zero-order valence-electron chi connectivity index (χ0n) is 37.2. The van der Waals surface area contributed by atoms with E-state index in [1.165, 1.54) is 9.83 Å². The van der Waals surface area contributed by atoms with Gasteiger partial charge in [0.05, 0.1) is 0 Å². The number of hydrogen-bond donors (Lipinski definition) is 2. The summed E-state index contributed by atoms with van der Waals surface area (Å²) in [6, 6.07) is 0. The van der Waals surface area contributed by atoms with Crippen molar-refractivity contribution in [3.8, 4) is 0 Å². The summed E-state index contributed by atoms with van der Waals surface area (Å²) >= 11 is 4.13. The second-order valence-electron chi connectivity index (χ2n) is 6.06. The molecule has 0 atom stereocenters. The van der Waals surface area contributed by atoms with Gasteiger partial charge in [0.25, 0.3) is 0 Å². The van der Waals surface area contributed by atoms with Gasteiger partial charge in [-0.1, -0.05) is 11.7 Å². The predicted molar refractivity (Wildman–Crippen MR) is 686 cm³/mol. The summed E-state index contributed by atoms with van der Waals surface area (Å²) in [5, 5.41) is 0. The van der Waals surface area contributed by atoms with E-state index < -0.39 is 0 Å². The maximum absolute atomic E-state index is 4.30. The van der Waals surface area contributed by atoms with Crippen molar-refractivity contribution in [1.29, 1.82) is 0 Å². The SMILES string of the molecule is SSSSSSSSSSSSSSSSSSSSSSSSSSSSSSSSSSSSSSSSSSSSSSSSSSSSSSSSSSSSSSSSSSSSSSSSSSSSSSSSSSSSSSSSS[I-]S.